The van der Waals surface area contributed by atoms with Crippen molar-refractivity contribution in [3.05, 3.63) is 40.7 Å². The first-order valence-electron chi connectivity index (χ1n) is 7.64. The minimum Gasteiger partial charge on any atom is -0.384 e. The van der Waals surface area contributed by atoms with Gasteiger partial charge in [0, 0.05) is 43.9 Å². The molecule has 0 aliphatic heterocycles. The molecule has 4 heteroatoms. The number of nitrogens with zero attached hydrogens (tertiary/aromatic N) is 1. The topological polar surface area (TPSA) is 43.3 Å². The molecular formula is C17H24N2O2. The van der Waals surface area contributed by atoms with Gasteiger partial charge in [0.2, 0.25) is 0 Å². The van der Waals surface area contributed by atoms with Crippen LogP contribution in [-0.2, 0) is 11.8 Å². The number of hydrogen-bond donors (Lipinski definition) is 1. The number of fused-ring (bicyclic) bond motifs is 1. The van der Waals surface area contributed by atoms with E-state index in [2.05, 4.69) is 12.2 Å². The van der Waals surface area contributed by atoms with Crippen molar-refractivity contribution in [1.29, 1.82) is 0 Å². The molecule has 0 amide bonds. The molecule has 0 saturated carbocycles. The lowest BCUT2D eigenvalue weighted by Crippen LogP contribution is -2.18. The van der Waals surface area contributed by atoms with Crippen LogP contribution in [0, 0.1) is 0 Å². The molecule has 0 bridgehead atoms. The number of unbranched alkanes of at least 4 members (excludes halogenated alkanes) is 1. The summed E-state index contributed by atoms with van der Waals surface area (Å²) in [5.74, 6) is 0. The van der Waals surface area contributed by atoms with Gasteiger partial charge in [0.05, 0.1) is 5.52 Å². The molecule has 114 valence electrons. The average Bonchev–Trinajstić information content (AvgIpc) is 2.51. The zero-order chi connectivity index (χ0) is 15.1. The molecule has 0 spiro atoms. The molecule has 0 fully saturated rings. The fraction of sp³-hybridized carbons (Fsp3) is 0.471. The van der Waals surface area contributed by atoms with Crippen LogP contribution in [0.25, 0.3) is 10.9 Å². The van der Waals surface area contributed by atoms with Crippen molar-refractivity contribution in [3.63, 3.8) is 0 Å². The average molecular weight is 288 g/mol. The summed E-state index contributed by atoms with van der Waals surface area (Å²) in [5, 5.41) is 4.43. The molecule has 0 radical (unpaired) electrons. The van der Waals surface area contributed by atoms with Crippen molar-refractivity contribution in [1.82, 2.24) is 4.57 Å². The van der Waals surface area contributed by atoms with E-state index in [1.54, 1.807) is 17.7 Å². The normalized spacial score (nSPS) is 11.0. The number of hydrogen-bond acceptors (Lipinski definition) is 3. The Kier molecular flexibility index (Phi) is 5.81. The Labute approximate surface area is 125 Å². The van der Waals surface area contributed by atoms with E-state index in [4.69, 9.17) is 4.74 Å². The summed E-state index contributed by atoms with van der Waals surface area (Å²) in [4.78, 5) is 12.0. The molecule has 2 aromatic rings. The Hall–Kier alpha value is -1.81. The Balaban J connectivity index is 1.96. The molecule has 1 aromatic carbocycles. The van der Waals surface area contributed by atoms with Crippen LogP contribution in [0.5, 0.6) is 0 Å². The minimum atomic E-state index is 0.00963. The number of anilines is 1. The summed E-state index contributed by atoms with van der Waals surface area (Å²) in [7, 11) is 1.80. The van der Waals surface area contributed by atoms with E-state index in [9.17, 15) is 4.79 Å². The standard InChI is InChI=1S/C17H24N2O2/c1-3-4-11-21-12-7-10-18-15-13-17(20)19(2)16-9-6-5-8-14(15)16/h5-6,8-9,13,18H,3-4,7,10-12H2,1-2H3. The van der Waals surface area contributed by atoms with Crippen LogP contribution in [-0.4, -0.2) is 24.3 Å². The highest BCUT2D eigenvalue weighted by molar-refractivity contribution is 5.91. The van der Waals surface area contributed by atoms with Crippen molar-refractivity contribution in [3.8, 4) is 0 Å². The summed E-state index contributed by atoms with van der Waals surface area (Å²) in [5.41, 5.74) is 1.87. The largest absolute Gasteiger partial charge is 0.384 e. The SMILES string of the molecule is CCCCOCCCNc1cc(=O)n(C)c2ccccc12. The van der Waals surface area contributed by atoms with Gasteiger partial charge in [-0.25, -0.2) is 0 Å². The number of aryl methyl sites for hydroxylation is 1. The van der Waals surface area contributed by atoms with Gasteiger partial charge in [0.1, 0.15) is 0 Å². The van der Waals surface area contributed by atoms with Crippen LogP contribution >= 0.6 is 0 Å². The molecule has 4 nitrogen and oxygen atoms in total. The maximum atomic E-state index is 12.0. The van der Waals surface area contributed by atoms with E-state index in [1.807, 2.05) is 24.3 Å². The zero-order valence-electron chi connectivity index (χ0n) is 12.9. The lowest BCUT2D eigenvalue weighted by atomic mass is 10.2. The Bertz CT molecular complexity index is 634. The number of nitrogens with one attached hydrogen (secondary N) is 1. The number of benzene rings is 1. The molecule has 1 aromatic heterocycles. The fourth-order valence-electron chi connectivity index (χ4n) is 2.30. The van der Waals surface area contributed by atoms with E-state index in [0.717, 1.165) is 55.6 Å². The second-order valence-corrected chi connectivity index (χ2v) is 5.22. The fourth-order valence-corrected chi connectivity index (χ4v) is 2.30. The van der Waals surface area contributed by atoms with Crippen molar-refractivity contribution in [2.75, 3.05) is 25.1 Å². The Morgan fingerprint density at radius 2 is 1.95 bits per heavy atom. The minimum absolute atomic E-state index is 0.00963. The monoisotopic (exact) mass is 288 g/mol. The molecule has 0 aliphatic carbocycles. The van der Waals surface area contributed by atoms with Gasteiger partial charge in [-0.2, -0.15) is 0 Å². The molecule has 0 atom stereocenters. The van der Waals surface area contributed by atoms with Gasteiger partial charge < -0.3 is 14.6 Å². The molecule has 0 unspecified atom stereocenters. The summed E-state index contributed by atoms with van der Waals surface area (Å²) in [6, 6.07) is 9.61. The maximum Gasteiger partial charge on any atom is 0.252 e. The second kappa shape index (κ2) is 7.84. The molecule has 0 saturated heterocycles. The van der Waals surface area contributed by atoms with Crippen LogP contribution in [0.4, 0.5) is 5.69 Å². The van der Waals surface area contributed by atoms with Crippen LogP contribution < -0.4 is 10.9 Å². The van der Waals surface area contributed by atoms with Crippen molar-refractivity contribution >= 4 is 16.6 Å². The van der Waals surface area contributed by atoms with Gasteiger partial charge in [-0.1, -0.05) is 31.5 Å². The predicted molar refractivity (Wildman–Crippen MR) is 88.0 cm³/mol. The van der Waals surface area contributed by atoms with E-state index < -0.39 is 0 Å². The van der Waals surface area contributed by atoms with Crippen LogP contribution in [0.3, 0.4) is 0 Å². The van der Waals surface area contributed by atoms with E-state index in [0.29, 0.717) is 0 Å². The summed E-state index contributed by atoms with van der Waals surface area (Å²) >= 11 is 0. The second-order valence-electron chi connectivity index (χ2n) is 5.22. The number of pyridine rings is 1. The van der Waals surface area contributed by atoms with Gasteiger partial charge in [-0.3, -0.25) is 4.79 Å². The molecule has 1 heterocycles. The smallest absolute Gasteiger partial charge is 0.252 e. The Morgan fingerprint density at radius 3 is 2.76 bits per heavy atom. The first-order valence-corrected chi connectivity index (χ1v) is 7.64. The molecule has 0 aliphatic rings. The summed E-state index contributed by atoms with van der Waals surface area (Å²) in [6.45, 7) is 4.57. The molecule has 1 N–H and O–H groups in total. The third-order valence-electron chi connectivity index (χ3n) is 3.58. The summed E-state index contributed by atoms with van der Waals surface area (Å²) < 4.78 is 7.21. The van der Waals surface area contributed by atoms with Crippen molar-refractivity contribution in [2.45, 2.75) is 26.2 Å². The predicted octanol–water partition coefficient (Wildman–Crippen LogP) is 3.16. The highest BCUT2D eigenvalue weighted by Crippen LogP contribution is 2.20. The zero-order valence-corrected chi connectivity index (χ0v) is 12.9. The number of aromatic nitrogens is 1. The van der Waals surface area contributed by atoms with Gasteiger partial charge in [0.15, 0.2) is 0 Å². The van der Waals surface area contributed by atoms with Crippen LogP contribution in [0.2, 0.25) is 0 Å². The summed E-state index contributed by atoms with van der Waals surface area (Å²) in [6.07, 6.45) is 3.22. The van der Waals surface area contributed by atoms with Gasteiger partial charge in [-0.15, -0.1) is 0 Å². The molecule has 21 heavy (non-hydrogen) atoms. The van der Waals surface area contributed by atoms with Crippen LogP contribution in [0.15, 0.2) is 35.1 Å². The van der Waals surface area contributed by atoms with Gasteiger partial charge in [0.25, 0.3) is 5.56 Å². The van der Waals surface area contributed by atoms with E-state index in [1.165, 1.54) is 0 Å². The van der Waals surface area contributed by atoms with Gasteiger partial charge in [-0.05, 0) is 18.9 Å². The number of ether oxygens (including phenoxy) is 1. The highest BCUT2D eigenvalue weighted by Gasteiger charge is 2.05. The number of para-hydroxylation sites is 1. The quantitative estimate of drug-likeness (QED) is 0.759. The van der Waals surface area contributed by atoms with E-state index >= 15 is 0 Å². The van der Waals surface area contributed by atoms with Gasteiger partial charge >= 0.3 is 0 Å². The van der Waals surface area contributed by atoms with E-state index in [-0.39, 0.29) is 5.56 Å². The maximum absolute atomic E-state index is 12.0. The van der Waals surface area contributed by atoms with Crippen molar-refractivity contribution < 1.29 is 4.74 Å². The number of rotatable bonds is 8. The third kappa shape index (κ3) is 4.08. The third-order valence-corrected chi connectivity index (χ3v) is 3.58. The first-order chi connectivity index (χ1) is 10.2. The lowest BCUT2D eigenvalue weighted by Gasteiger charge is -2.12. The van der Waals surface area contributed by atoms with Crippen LogP contribution in [0.1, 0.15) is 26.2 Å². The lowest BCUT2D eigenvalue weighted by molar-refractivity contribution is 0.131. The molecular weight excluding hydrogens is 264 g/mol. The van der Waals surface area contributed by atoms with Crippen molar-refractivity contribution in [2.24, 2.45) is 7.05 Å². The Morgan fingerprint density at radius 1 is 1.19 bits per heavy atom. The molecule has 2 rings (SSSR count). The first kappa shape index (κ1) is 15.6. The highest BCUT2D eigenvalue weighted by atomic mass is 16.5.